The van der Waals surface area contributed by atoms with E-state index in [4.69, 9.17) is 0 Å². The summed E-state index contributed by atoms with van der Waals surface area (Å²) < 4.78 is 29.3. The summed E-state index contributed by atoms with van der Waals surface area (Å²) in [4.78, 5) is 22.7. The minimum Gasteiger partial charge on any atom is -0.370 e. The Labute approximate surface area is 231 Å². The highest BCUT2D eigenvalue weighted by Gasteiger charge is 2.30. The number of nitro benzene ring substituents is 1. The van der Waals surface area contributed by atoms with Gasteiger partial charge in [-0.2, -0.15) is 4.31 Å². The molecule has 3 fully saturated rings. The second kappa shape index (κ2) is 12.0. The first kappa shape index (κ1) is 27.5. The largest absolute Gasteiger partial charge is 0.370 e. The Bertz CT molecular complexity index is 1310. The van der Waals surface area contributed by atoms with Crippen molar-refractivity contribution in [2.75, 3.05) is 69.2 Å². The van der Waals surface area contributed by atoms with E-state index < -0.39 is 14.9 Å². The van der Waals surface area contributed by atoms with Gasteiger partial charge < -0.3 is 14.7 Å². The number of piperidine rings is 2. The van der Waals surface area contributed by atoms with Crippen LogP contribution in [0.25, 0.3) is 0 Å². The quantitative estimate of drug-likeness (QED) is 0.286. The summed E-state index contributed by atoms with van der Waals surface area (Å²) in [6.07, 6.45) is 7.68. The first-order valence-electron chi connectivity index (χ1n) is 14.0. The van der Waals surface area contributed by atoms with E-state index in [1.165, 1.54) is 6.07 Å². The molecule has 3 saturated heterocycles. The summed E-state index contributed by atoms with van der Waals surface area (Å²) in [5.74, 6) is 0. The fraction of sp³-hybridized carbons (Fsp3) is 0.536. The van der Waals surface area contributed by atoms with Gasteiger partial charge in [-0.25, -0.2) is 8.42 Å². The van der Waals surface area contributed by atoms with E-state index >= 15 is 0 Å². The number of hydrogen-bond donors (Lipinski definition) is 0. The first-order chi connectivity index (χ1) is 18.8. The van der Waals surface area contributed by atoms with Crippen LogP contribution in [0.4, 0.5) is 22.7 Å². The SMILES string of the molecule is CN1CCN(c2ccc([N+](=O)[O-])cc2C=Nc2ccc(N3CCCCC3)c(S(=O)(=O)N3CCCCC3)c2)CC1. The average molecular weight is 555 g/mol. The normalized spacial score (nSPS) is 20.0. The molecule has 2 aromatic rings. The van der Waals surface area contributed by atoms with Crippen molar-refractivity contribution in [2.45, 2.75) is 43.4 Å². The van der Waals surface area contributed by atoms with Crippen molar-refractivity contribution < 1.29 is 13.3 Å². The van der Waals surface area contributed by atoms with Gasteiger partial charge in [-0.1, -0.05) is 6.42 Å². The molecule has 2 aromatic carbocycles. The van der Waals surface area contributed by atoms with Gasteiger partial charge in [0.05, 0.1) is 16.3 Å². The standard InChI is InChI=1S/C28H38N6O4S/c1-30-16-18-32(19-17-30)26-11-9-25(34(35)36)20-23(26)22-29-24-8-10-27(31-12-4-2-5-13-31)28(21-24)39(37,38)33-14-6-3-7-15-33/h8-11,20-22H,2-7,12-19H2,1H3. The Balaban J connectivity index is 1.51. The topological polar surface area (TPSA) is 103 Å². The lowest BCUT2D eigenvalue weighted by molar-refractivity contribution is -0.384. The molecule has 10 nitrogen and oxygen atoms in total. The monoisotopic (exact) mass is 554 g/mol. The molecule has 0 radical (unpaired) electrons. The molecule has 0 amide bonds. The number of nitrogens with zero attached hydrogens (tertiary/aromatic N) is 6. The van der Waals surface area contributed by atoms with Crippen LogP contribution in [0.1, 0.15) is 44.1 Å². The summed E-state index contributed by atoms with van der Waals surface area (Å²) in [5, 5.41) is 11.5. The molecular formula is C28H38N6O4S. The predicted octanol–water partition coefficient (Wildman–Crippen LogP) is 4.26. The summed E-state index contributed by atoms with van der Waals surface area (Å²) in [6.45, 7) is 6.21. The maximum atomic E-state index is 13.8. The van der Waals surface area contributed by atoms with Gasteiger partial charge in [0.2, 0.25) is 10.0 Å². The van der Waals surface area contributed by atoms with Crippen LogP contribution >= 0.6 is 0 Å². The number of nitro groups is 1. The zero-order chi connectivity index (χ0) is 27.4. The molecule has 0 unspecified atom stereocenters. The van der Waals surface area contributed by atoms with Crippen LogP contribution in [0.3, 0.4) is 0 Å². The highest BCUT2D eigenvalue weighted by molar-refractivity contribution is 7.89. The van der Waals surface area contributed by atoms with Crippen molar-refractivity contribution in [3.8, 4) is 0 Å². The molecule has 3 aliphatic rings. The van der Waals surface area contributed by atoms with Gasteiger partial charge in [-0.05, 0) is 63.4 Å². The predicted molar refractivity (Wildman–Crippen MR) is 155 cm³/mol. The zero-order valence-electron chi connectivity index (χ0n) is 22.7. The molecule has 0 saturated carbocycles. The van der Waals surface area contributed by atoms with E-state index in [-0.39, 0.29) is 5.69 Å². The van der Waals surface area contributed by atoms with Crippen molar-refractivity contribution in [2.24, 2.45) is 4.99 Å². The third kappa shape index (κ3) is 6.26. The number of likely N-dealkylation sites (N-methyl/N-ethyl adjacent to an activating group) is 1. The molecule has 0 aliphatic carbocycles. The van der Waals surface area contributed by atoms with Gasteiger partial charge in [-0.3, -0.25) is 15.1 Å². The zero-order valence-corrected chi connectivity index (χ0v) is 23.5. The molecule has 210 valence electrons. The van der Waals surface area contributed by atoms with Crippen LogP contribution in [0.15, 0.2) is 46.3 Å². The van der Waals surface area contributed by atoms with Gasteiger partial charge in [0.25, 0.3) is 5.69 Å². The highest BCUT2D eigenvalue weighted by Crippen LogP contribution is 2.35. The summed E-state index contributed by atoms with van der Waals surface area (Å²) in [5.41, 5.74) is 2.80. The van der Waals surface area contributed by atoms with Gasteiger partial charge in [0, 0.05) is 82.0 Å². The third-order valence-electron chi connectivity index (χ3n) is 7.99. The van der Waals surface area contributed by atoms with Crippen molar-refractivity contribution in [1.82, 2.24) is 9.21 Å². The molecule has 0 atom stereocenters. The van der Waals surface area contributed by atoms with E-state index in [0.717, 1.165) is 89.2 Å². The van der Waals surface area contributed by atoms with Crippen LogP contribution in [0.2, 0.25) is 0 Å². The van der Waals surface area contributed by atoms with Crippen molar-refractivity contribution >= 4 is 39.0 Å². The van der Waals surface area contributed by atoms with Crippen LogP contribution in [-0.4, -0.2) is 88.2 Å². The first-order valence-corrected chi connectivity index (χ1v) is 15.4. The molecule has 3 heterocycles. The lowest BCUT2D eigenvalue weighted by Gasteiger charge is -2.34. The number of piperazine rings is 1. The smallest absolute Gasteiger partial charge is 0.270 e. The van der Waals surface area contributed by atoms with Crippen molar-refractivity contribution in [3.63, 3.8) is 0 Å². The number of non-ortho nitro benzene ring substituents is 1. The van der Waals surface area contributed by atoms with E-state index in [0.29, 0.717) is 29.2 Å². The number of benzene rings is 2. The molecule has 0 spiro atoms. The molecule has 0 bridgehead atoms. The maximum Gasteiger partial charge on any atom is 0.270 e. The molecule has 3 aliphatic heterocycles. The minimum atomic E-state index is -3.68. The Kier molecular flexibility index (Phi) is 8.49. The Morgan fingerprint density at radius 1 is 0.795 bits per heavy atom. The summed E-state index contributed by atoms with van der Waals surface area (Å²) >= 11 is 0. The van der Waals surface area contributed by atoms with Crippen molar-refractivity contribution in [3.05, 3.63) is 52.1 Å². The van der Waals surface area contributed by atoms with Crippen molar-refractivity contribution in [1.29, 1.82) is 0 Å². The lowest BCUT2D eigenvalue weighted by atomic mass is 10.1. The molecular weight excluding hydrogens is 516 g/mol. The molecule has 0 N–H and O–H groups in total. The van der Waals surface area contributed by atoms with Gasteiger partial charge >= 0.3 is 0 Å². The van der Waals surface area contributed by atoms with Gasteiger partial charge in [-0.15, -0.1) is 0 Å². The molecule has 11 heteroatoms. The Morgan fingerprint density at radius 3 is 2.08 bits per heavy atom. The van der Waals surface area contributed by atoms with E-state index in [9.17, 15) is 18.5 Å². The lowest BCUT2D eigenvalue weighted by Crippen LogP contribution is -2.44. The number of hydrogen-bond acceptors (Lipinski definition) is 8. The Morgan fingerprint density at radius 2 is 1.41 bits per heavy atom. The third-order valence-corrected chi connectivity index (χ3v) is 9.92. The fourth-order valence-corrected chi connectivity index (χ4v) is 7.42. The van der Waals surface area contributed by atoms with Gasteiger partial charge in [0.15, 0.2) is 0 Å². The van der Waals surface area contributed by atoms with Crippen LogP contribution in [-0.2, 0) is 10.0 Å². The number of anilines is 2. The van der Waals surface area contributed by atoms with Gasteiger partial charge in [0.1, 0.15) is 4.90 Å². The highest BCUT2D eigenvalue weighted by atomic mass is 32.2. The van der Waals surface area contributed by atoms with E-state index in [2.05, 4.69) is 26.7 Å². The maximum absolute atomic E-state index is 13.8. The van der Waals surface area contributed by atoms with Crippen LogP contribution < -0.4 is 9.80 Å². The molecule has 5 rings (SSSR count). The van der Waals surface area contributed by atoms with Crippen LogP contribution in [0, 0.1) is 10.1 Å². The minimum absolute atomic E-state index is 0.00291. The number of aliphatic imine (C=N–C) groups is 1. The van der Waals surface area contributed by atoms with Crippen LogP contribution in [0.5, 0.6) is 0 Å². The summed E-state index contributed by atoms with van der Waals surface area (Å²) in [6, 6.07) is 10.3. The van der Waals surface area contributed by atoms with E-state index in [1.54, 1.807) is 28.7 Å². The van der Waals surface area contributed by atoms with E-state index in [1.807, 2.05) is 12.1 Å². The molecule has 0 aromatic heterocycles. The summed E-state index contributed by atoms with van der Waals surface area (Å²) in [7, 11) is -1.60. The average Bonchev–Trinajstić information content (AvgIpc) is 2.97. The fourth-order valence-electron chi connectivity index (χ4n) is 5.67. The second-order valence-corrected chi connectivity index (χ2v) is 12.6. The molecule has 39 heavy (non-hydrogen) atoms. The second-order valence-electron chi connectivity index (χ2n) is 10.7. The number of rotatable bonds is 7. The number of sulfonamides is 1. The Hall–Kier alpha value is -3.02.